The second-order valence-electron chi connectivity index (χ2n) is 9.44. The summed E-state index contributed by atoms with van der Waals surface area (Å²) in [5, 5.41) is 3.18. The molecule has 190 valence electrons. The van der Waals surface area contributed by atoms with Crippen LogP contribution in [0.5, 0.6) is 0 Å². The molecule has 37 heavy (non-hydrogen) atoms. The van der Waals surface area contributed by atoms with E-state index in [0.717, 1.165) is 28.8 Å². The number of carbonyl (C=O) groups excluding carboxylic acids is 1. The zero-order valence-corrected chi connectivity index (χ0v) is 21.6. The summed E-state index contributed by atoms with van der Waals surface area (Å²) in [5.41, 5.74) is 11.3. The molecule has 5 heteroatoms. The number of nitrogens with zero attached hydrogens (tertiary/aromatic N) is 1. The van der Waals surface area contributed by atoms with Gasteiger partial charge in [0, 0.05) is 25.1 Å². The molecule has 3 N–H and O–H groups in total. The van der Waals surface area contributed by atoms with E-state index in [1.807, 2.05) is 49.4 Å². The Balaban J connectivity index is 1.54. The number of amidine groups is 1. The molecule has 0 bridgehead atoms. The van der Waals surface area contributed by atoms with Crippen molar-refractivity contribution in [2.45, 2.75) is 38.5 Å². The van der Waals surface area contributed by atoms with Crippen LogP contribution in [0.25, 0.3) is 5.57 Å². The van der Waals surface area contributed by atoms with Crippen molar-refractivity contribution in [2.75, 3.05) is 18.5 Å². The van der Waals surface area contributed by atoms with Crippen LogP contribution >= 0.6 is 0 Å². The fourth-order valence-electron chi connectivity index (χ4n) is 4.70. The minimum absolute atomic E-state index is 0.00642. The fraction of sp³-hybridized carbons (Fsp3) is 0.250. The summed E-state index contributed by atoms with van der Waals surface area (Å²) < 4.78 is 5.64. The van der Waals surface area contributed by atoms with E-state index in [0.29, 0.717) is 31.9 Å². The third-order valence-electron chi connectivity index (χ3n) is 6.77. The van der Waals surface area contributed by atoms with Crippen LogP contribution in [0.3, 0.4) is 0 Å². The molecule has 1 heterocycles. The Morgan fingerprint density at radius 2 is 1.62 bits per heavy atom. The van der Waals surface area contributed by atoms with E-state index in [1.54, 1.807) is 13.1 Å². The number of nitrogens with two attached hydrogens (primary N) is 1. The largest absolute Gasteiger partial charge is 0.387 e. The van der Waals surface area contributed by atoms with Crippen LogP contribution in [0.2, 0.25) is 0 Å². The van der Waals surface area contributed by atoms with Gasteiger partial charge in [0.2, 0.25) is 5.91 Å². The summed E-state index contributed by atoms with van der Waals surface area (Å²) in [6.45, 7) is 4.84. The first-order valence-electron chi connectivity index (χ1n) is 12.8. The van der Waals surface area contributed by atoms with E-state index in [2.05, 4.69) is 58.8 Å². The zero-order chi connectivity index (χ0) is 26.1. The topological polar surface area (TPSA) is 76.7 Å². The molecular weight excluding hydrogens is 458 g/mol. The van der Waals surface area contributed by atoms with Gasteiger partial charge in [0.15, 0.2) is 0 Å². The first kappa shape index (κ1) is 26.1. The Morgan fingerprint density at radius 3 is 2.24 bits per heavy atom. The summed E-state index contributed by atoms with van der Waals surface area (Å²) in [6, 6.07) is 26.7. The molecule has 0 radical (unpaired) electrons. The van der Waals surface area contributed by atoms with Crippen molar-refractivity contribution in [3.8, 4) is 0 Å². The molecule has 3 aromatic carbocycles. The van der Waals surface area contributed by atoms with E-state index in [9.17, 15) is 4.79 Å². The SMILES string of the molecule is C/C=C\C(=C/N=C(C)N)c1ccc(C2(C(=O)Nc3ccc(Cc4ccccc4)cc3)CCOCC2)cc1. The molecule has 0 atom stereocenters. The number of anilines is 1. The molecule has 1 aliphatic heterocycles. The number of hydrogen-bond donors (Lipinski definition) is 2. The molecule has 4 rings (SSSR count). The number of aliphatic imine (C=N–C) groups is 1. The van der Waals surface area contributed by atoms with Gasteiger partial charge in [-0.05, 0) is 73.1 Å². The van der Waals surface area contributed by atoms with Gasteiger partial charge in [-0.15, -0.1) is 0 Å². The van der Waals surface area contributed by atoms with Crippen molar-refractivity contribution in [3.63, 3.8) is 0 Å². The van der Waals surface area contributed by atoms with Crippen LogP contribution in [0.1, 0.15) is 48.9 Å². The Hall–Kier alpha value is -3.96. The van der Waals surface area contributed by atoms with Crippen LogP contribution < -0.4 is 11.1 Å². The van der Waals surface area contributed by atoms with Gasteiger partial charge in [0.1, 0.15) is 0 Å². The zero-order valence-electron chi connectivity index (χ0n) is 21.6. The van der Waals surface area contributed by atoms with Crippen molar-refractivity contribution in [1.82, 2.24) is 0 Å². The molecule has 1 amide bonds. The van der Waals surface area contributed by atoms with Crippen molar-refractivity contribution in [2.24, 2.45) is 10.7 Å². The van der Waals surface area contributed by atoms with Crippen LogP contribution in [0, 0.1) is 0 Å². The van der Waals surface area contributed by atoms with Crippen molar-refractivity contribution in [3.05, 3.63) is 119 Å². The van der Waals surface area contributed by atoms with Gasteiger partial charge in [-0.25, -0.2) is 4.99 Å². The molecule has 5 nitrogen and oxygen atoms in total. The molecule has 1 aliphatic rings. The Kier molecular flexibility index (Phi) is 8.70. The highest BCUT2D eigenvalue weighted by molar-refractivity contribution is 5.99. The van der Waals surface area contributed by atoms with Gasteiger partial charge in [0.05, 0.1) is 11.3 Å². The number of ether oxygens (including phenoxy) is 1. The van der Waals surface area contributed by atoms with Gasteiger partial charge in [0.25, 0.3) is 0 Å². The highest BCUT2D eigenvalue weighted by atomic mass is 16.5. The van der Waals surface area contributed by atoms with Crippen LogP contribution in [-0.4, -0.2) is 25.0 Å². The molecule has 0 spiro atoms. The van der Waals surface area contributed by atoms with E-state index in [1.165, 1.54) is 11.1 Å². The number of allylic oxidation sites excluding steroid dienone is 3. The fourth-order valence-corrected chi connectivity index (χ4v) is 4.70. The summed E-state index contributed by atoms with van der Waals surface area (Å²) in [4.78, 5) is 18.0. The Morgan fingerprint density at radius 1 is 0.973 bits per heavy atom. The van der Waals surface area contributed by atoms with E-state index in [4.69, 9.17) is 10.5 Å². The third kappa shape index (κ3) is 6.63. The second kappa shape index (κ2) is 12.3. The lowest BCUT2D eigenvalue weighted by Gasteiger charge is -2.36. The van der Waals surface area contributed by atoms with E-state index in [-0.39, 0.29) is 5.91 Å². The second-order valence-corrected chi connectivity index (χ2v) is 9.44. The van der Waals surface area contributed by atoms with Gasteiger partial charge < -0.3 is 15.8 Å². The highest BCUT2D eigenvalue weighted by Crippen LogP contribution is 2.37. The quantitative estimate of drug-likeness (QED) is 0.221. The van der Waals surface area contributed by atoms with Crippen molar-refractivity contribution in [1.29, 1.82) is 0 Å². The van der Waals surface area contributed by atoms with Gasteiger partial charge in [-0.2, -0.15) is 0 Å². The Labute approximate surface area is 219 Å². The Bertz CT molecular complexity index is 1260. The molecule has 0 unspecified atom stereocenters. The maximum atomic E-state index is 13.7. The molecule has 0 aliphatic carbocycles. The summed E-state index contributed by atoms with van der Waals surface area (Å²) >= 11 is 0. The molecule has 1 fully saturated rings. The first-order chi connectivity index (χ1) is 18.0. The number of carbonyl (C=O) groups is 1. The lowest BCUT2D eigenvalue weighted by molar-refractivity contribution is -0.125. The van der Waals surface area contributed by atoms with Crippen LogP contribution in [-0.2, 0) is 21.4 Å². The van der Waals surface area contributed by atoms with Crippen LogP contribution in [0.15, 0.2) is 102 Å². The summed E-state index contributed by atoms with van der Waals surface area (Å²) in [6.07, 6.45) is 7.88. The predicted octanol–water partition coefficient (Wildman–Crippen LogP) is 6.26. The molecule has 0 saturated carbocycles. The molecular formula is C32H35N3O2. The van der Waals surface area contributed by atoms with Gasteiger partial charge in [-0.3, -0.25) is 4.79 Å². The third-order valence-corrected chi connectivity index (χ3v) is 6.77. The maximum absolute atomic E-state index is 13.7. The monoisotopic (exact) mass is 493 g/mol. The average Bonchev–Trinajstić information content (AvgIpc) is 2.93. The number of amides is 1. The molecule has 0 aromatic heterocycles. The minimum atomic E-state index is -0.643. The van der Waals surface area contributed by atoms with Crippen molar-refractivity contribution < 1.29 is 9.53 Å². The summed E-state index contributed by atoms with van der Waals surface area (Å²) in [5.74, 6) is 0.511. The van der Waals surface area contributed by atoms with Gasteiger partial charge in [-0.1, -0.05) is 78.9 Å². The molecule has 3 aromatic rings. The van der Waals surface area contributed by atoms with E-state index < -0.39 is 5.41 Å². The first-order valence-corrected chi connectivity index (χ1v) is 12.8. The van der Waals surface area contributed by atoms with E-state index >= 15 is 0 Å². The van der Waals surface area contributed by atoms with Crippen LogP contribution in [0.4, 0.5) is 5.69 Å². The standard InChI is InChI=1S/C32H35N3O2/c1-3-7-28(23-34-24(2)33)27-12-14-29(15-13-27)32(18-20-37-21-19-32)31(36)35-30-16-10-26(11-17-30)22-25-8-5-4-6-9-25/h3-17,23H,18-22H2,1-2H3,(H2,33,34)(H,35,36)/b7-3-,28-23+. The number of hydrogen-bond acceptors (Lipinski definition) is 3. The number of nitrogens with one attached hydrogen (secondary N) is 1. The highest BCUT2D eigenvalue weighted by Gasteiger charge is 2.41. The normalized spacial score (nSPS) is 16.1. The lowest BCUT2D eigenvalue weighted by atomic mass is 9.73. The minimum Gasteiger partial charge on any atom is -0.387 e. The predicted molar refractivity (Wildman–Crippen MR) is 153 cm³/mol. The summed E-state index contributed by atoms with van der Waals surface area (Å²) in [7, 11) is 0. The van der Waals surface area contributed by atoms with Gasteiger partial charge >= 0.3 is 0 Å². The smallest absolute Gasteiger partial charge is 0.235 e. The maximum Gasteiger partial charge on any atom is 0.235 e. The average molecular weight is 494 g/mol. The van der Waals surface area contributed by atoms with Crippen molar-refractivity contribution >= 4 is 23.0 Å². The number of rotatable bonds is 8. The molecule has 1 saturated heterocycles. The number of benzene rings is 3. The lowest BCUT2D eigenvalue weighted by Crippen LogP contribution is -2.44.